The predicted molar refractivity (Wildman–Crippen MR) is 230 cm³/mol. The zero-order valence-electron chi connectivity index (χ0n) is 30.7. The van der Waals surface area contributed by atoms with E-state index in [0.717, 1.165) is 77.6 Å². The number of benzene rings is 8. The summed E-state index contributed by atoms with van der Waals surface area (Å²) in [6.07, 6.45) is 0. The van der Waals surface area contributed by atoms with E-state index in [4.69, 9.17) is 19.4 Å². The molecule has 2 heterocycles. The smallest absolute Gasteiger partial charge is 0.164 e. The van der Waals surface area contributed by atoms with Crippen molar-refractivity contribution in [3.63, 3.8) is 0 Å². The third-order valence-corrected chi connectivity index (χ3v) is 10.4. The fourth-order valence-electron chi connectivity index (χ4n) is 7.61. The van der Waals surface area contributed by atoms with Crippen LogP contribution in [0.15, 0.2) is 199 Å². The van der Waals surface area contributed by atoms with E-state index >= 15 is 0 Å². The van der Waals surface area contributed by atoms with E-state index in [0.29, 0.717) is 23.0 Å². The van der Waals surface area contributed by atoms with Crippen molar-refractivity contribution in [2.75, 3.05) is 0 Å². The highest BCUT2D eigenvalue weighted by molar-refractivity contribution is 6.13. The predicted octanol–water partition coefficient (Wildman–Crippen LogP) is 13.3. The molecule has 0 atom stereocenters. The van der Waals surface area contributed by atoms with Gasteiger partial charge in [-0.05, 0) is 87.0 Å². The number of rotatable bonds is 7. The zero-order valence-corrected chi connectivity index (χ0v) is 30.7. The molecule has 0 aliphatic rings. The van der Waals surface area contributed by atoms with Crippen LogP contribution >= 0.6 is 0 Å². The van der Waals surface area contributed by atoms with E-state index in [1.165, 1.54) is 5.56 Å². The van der Waals surface area contributed by atoms with Crippen molar-refractivity contribution in [3.05, 3.63) is 200 Å². The zero-order chi connectivity index (χ0) is 38.1. The van der Waals surface area contributed by atoms with Crippen LogP contribution in [-0.4, -0.2) is 15.0 Å². The van der Waals surface area contributed by atoms with Crippen molar-refractivity contribution in [2.24, 2.45) is 0 Å². The average Bonchev–Trinajstić information content (AvgIpc) is 3.68. The second-order valence-corrected chi connectivity index (χ2v) is 13.9. The summed E-state index contributed by atoms with van der Waals surface area (Å²) in [5.41, 5.74) is 13.3. The highest BCUT2D eigenvalue weighted by atomic mass is 16.3. The molecule has 0 aliphatic heterocycles. The minimum atomic E-state index is 0.535. The number of furan rings is 1. The van der Waals surface area contributed by atoms with Crippen LogP contribution in [0.5, 0.6) is 0 Å². The lowest BCUT2D eigenvalue weighted by atomic mass is 9.96. The Kier molecular flexibility index (Phi) is 8.48. The average molecular weight is 729 g/mol. The van der Waals surface area contributed by atoms with Crippen molar-refractivity contribution in [3.8, 4) is 84.7 Å². The summed E-state index contributed by atoms with van der Waals surface area (Å²) in [6.45, 7) is 0. The Morgan fingerprint density at radius 2 is 0.877 bits per heavy atom. The Hall–Kier alpha value is -7.94. The molecule has 0 N–H and O–H groups in total. The van der Waals surface area contributed by atoms with E-state index in [9.17, 15) is 5.26 Å². The van der Waals surface area contributed by atoms with Crippen molar-refractivity contribution < 1.29 is 4.42 Å². The molecule has 10 rings (SSSR count). The Bertz CT molecular complexity index is 3140. The van der Waals surface area contributed by atoms with Crippen molar-refractivity contribution >= 4 is 21.9 Å². The topological polar surface area (TPSA) is 75.6 Å². The van der Waals surface area contributed by atoms with Crippen LogP contribution < -0.4 is 0 Å². The highest BCUT2D eigenvalue weighted by Gasteiger charge is 2.19. The monoisotopic (exact) mass is 728 g/mol. The molecule has 57 heavy (non-hydrogen) atoms. The Labute approximate surface area is 329 Å². The molecule has 0 aliphatic carbocycles. The SMILES string of the molecule is N#Cc1cccc(-c2cccc(-c3nc(-c4ccc5c(c4)oc4cccc(-c6cccc(-c7ccccc7)c6)c45)nc(-c4ccccc4-c4ccccc4)n3)c2)c1. The van der Waals surface area contributed by atoms with Crippen LogP contribution in [0.4, 0.5) is 0 Å². The maximum absolute atomic E-state index is 9.56. The van der Waals surface area contributed by atoms with Gasteiger partial charge in [-0.2, -0.15) is 5.26 Å². The molecule has 0 amide bonds. The molecule has 0 radical (unpaired) electrons. The van der Waals surface area contributed by atoms with Gasteiger partial charge in [0.05, 0.1) is 11.6 Å². The maximum Gasteiger partial charge on any atom is 0.164 e. The molecule has 2 aromatic heterocycles. The van der Waals surface area contributed by atoms with E-state index < -0.39 is 0 Å². The minimum Gasteiger partial charge on any atom is -0.456 e. The third-order valence-electron chi connectivity index (χ3n) is 10.4. The van der Waals surface area contributed by atoms with Gasteiger partial charge in [0.15, 0.2) is 17.5 Å². The number of aromatic nitrogens is 3. The van der Waals surface area contributed by atoms with E-state index in [-0.39, 0.29) is 0 Å². The summed E-state index contributed by atoms with van der Waals surface area (Å²) in [6, 6.07) is 68.1. The first kappa shape index (κ1) is 33.6. The van der Waals surface area contributed by atoms with Crippen LogP contribution in [0.3, 0.4) is 0 Å². The summed E-state index contributed by atoms with van der Waals surface area (Å²) >= 11 is 0. The second kappa shape index (κ2) is 14.4. The summed E-state index contributed by atoms with van der Waals surface area (Å²) < 4.78 is 6.59. The van der Waals surface area contributed by atoms with Gasteiger partial charge in [0, 0.05) is 27.5 Å². The van der Waals surface area contributed by atoms with E-state index in [2.05, 4.69) is 109 Å². The fraction of sp³-hybridized carbons (Fsp3) is 0. The molecule has 266 valence electrons. The lowest BCUT2D eigenvalue weighted by Crippen LogP contribution is -2.01. The Morgan fingerprint density at radius 1 is 0.351 bits per heavy atom. The first-order valence-electron chi connectivity index (χ1n) is 18.8. The number of hydrogen-bond acceptors (Lipinski definition) is 5. The van der Waals surface area contributed by atoms with Crippen LogP contribution in [0.2, 0.25) is 0 Å². The highest BCUT2D eigenvalue weighted by Crippen LogP contribution is 2.40. The molecule has 0 fully saturated rings. The van der Waals surface area contributed by atoms with Gasteiger partial charge in [0.2, 0.25) is 0 Å². The van der Waals surface area contributed by atoms with Gasteiger partial charge < -0.3 is 4.42 Å². The molecule has 8 aromatic carbocycles. The van der Waals surface area contributed by atoms with Crippen molar-refractivity contribution in [2.45, 2.75) is 0 Å². The minimum absolute atomic E-state index is 0.535. The largest absolute Gasteiger partial charge is 0.456 e. The number of nitriles is 1. The van der Waals surface area contributed by atoms with Crippen LogP contribution in [0.25, 0.3) is 101 Å². The van der Waals surface area contributed by atoms with Crippen LogP contribution in [-0.2, 0) is 0 Å². The third kappa shape index (κ3) is 6.42. The summed E-state index contributed by atoms with van der Waals surface area (Å²) in [7, 11) is 0. The molecule has 5 heteroatoms. The molecule has 0 saturated heterocycles. The summed E-state index contributed by atoms with van der Waals surface area (Å²) in [4.78, 5) is 15.4. The normalized spacial score (nSPS) is 11.1. The van der Waals surface area contributed by atoms with Crippen molar-refractivity contribution in [1.82, 2.24) is 15.0 Å². The molecule has 10 aromatic rings. The molecule has 0 spiro atoms. The number of fused-ring (bicyclic) bond motifs is 3. The van der Waals surface area contributed by atoms with Gasteiger partial charge in [-0.15, -0.1) is 0 Å². The number of nitrogens with zero attached hydrogens (tertiary/aromatic N) is 4. The standard InChI is InChI=1S/C52H32N4O/c53-33-34-13-9-18-37(29-34)39-20-11-22-41(31-39)50-54-51(56-52(55-50)45-24-8-7-23-43(45)36-16-5-2-6-17-36)42-27-28-46-48(32-42)57-47-26-12-25-44(49(46)47)40-21-10-19-38(30-40)35-14-3-1-4-15-35/h1-32H. The quantitative estimate of drug-likeness (QED) is 0.163. The van der Waals surface area contributed by atoms with Crippen LogP contribution in [0, 0.1) is 11.3 Å². The molecule has 5 nitrogen and oxygen atoms in total. The van der Waals surface area contributed by atoms with Gasteiger partial charge in [-0.3, -0.25) is 0 Å². The maximum atomic E-state index is 9.56. The first-order chi connectivity index (χ1) is 28.2. The fourth-order valence-corrected chi connectivity index (χ4v) is 7.61. The first-order valence-corrected chi connectivity index (χ1v) is 18.8. The van der Waals surface area contributed by atoms with Gasteiger partial charge in [0.25, 0.3) is 0 Å². The van der Waals surface area contributed by atoms with Gasteiger partial charge >= 0.3 is 0 Å². The van der Waals surface area contributed by atoms with Crippen molar-refractivity contribution in [1.29, 1.82) is 5.26 Å². The second-order valence-electron chi connectivity index (χ2n) is 13.9. The van der Waals surface area contributed by atoms with Gasteiger partial charge in [-0.25, -0.2) is 15.0 Å². The van der Waals surface area contributed by atoms with Gasteiger partial charge in [0.1, 0.15) is 11.2 Å². The van der Waals surface area contributed by atoms with E-state index in [1.54, 1.807) is 0 Å². The Balaban J connectivity index is 1.12. The Morgan fingerprint density at radius 3 is 1.63 bits per heavy atom. The lowest BCUT2D eigenvalue weighted by molar-refractivity contribution is 0.669. The molecule has 0 unspecified atom stereocenters. The lowest BCUT2D eigenvalue weighted by Gasteiger charge is -2.12. The molecular formula is C52H32N4O. The van der Waals surface area contributed by atoms with Gasteiger partial charge in [-0.1, -0.05) is 152 Å². The summed E-state index contributed by atoms with van der Waals surface area (Å²) in [5, 5.41) is 11.6. The molecular weight excluding hydrogens is 697 g/mol. The number of hydrogen-bond donors (Lipinski definition) is 0. The summed E-state index contributed by atoms with van der Waals surface area (Å²) in [5.74, 6) is 1.64. The van der Waals surface area contributed by atoms with E-state index in [1.807, 2.05) is 91.0 Å². The van der Waals surface area contributed by atoms with Crippen LogP contribution in [0.1, 0.15) is 5.56 Å². The molecule has 0 saturated carbocycles. The molecule has 0 bridgehead atoms.